The Kier molecular flexibility index (Phi) is 5.32. The van der Waals surface area contributed by atoms with Crippen molar-refractivity contribution in [1.82, 2.24) is 5.32 Å². The molecule has 0 saturated carbocycles. The summed E-state index contributed by atoms with van der Waals surface area (Å²) in [5, 5.41) is 12.1. The number of hydrogen-bond donors (Lipinski definition) is 2. The molecule has 20 heavy (non-hydrogen) atoms. The van der Waals surface area contributed by atoms with E-state index in [9.17, 15) is 4.79 Å². The highest BCUT2D eigenvalue weighted by Crippen LogP contribution is 2.21. The third-order valence-corrected chi connectivity index (χ3v) is 4.12. The van der Waals surface area contributed by atoms with E-state index in [0.717, 1.165) is 21.7 Å². The number of nitrogens with one attached hydrogen (secondary N) is 1. The van der Waals surface area contributed by atoms with Crippen molar-refractivity contribution in [2.75, 3.05) is 6.61 Å². The number of benzene rings is 1. The smallest absolute Gasteiger partial charge is 0.261 e. The molecule has 4 heteroatoms. The molecule has 1 aromatic carbocycles. The molecule has 0 spiro atoms. The van der Waals surface area contributed by atoms with Gasteiger partial charge in [-0.25, -0.2) is 0 Å². The van der Waals surface area contributed by atoms with Gasteiger partial charge in [0.25, 0.3) is 5.91 Å². The van der Waals surface area contributed by atoms with Crippen molar-refractivity contribution in [1.29, 1.82) is 0 Å². The van der Waals surface area contributed by atoms with E-state index in [-0.39, 0.29) is 18.6 Å². The van der Waals surface area contributed by atoms with E-state index in [1.807, 2.05) is 49.4 Å². The molecule has 1 aromatic heterocycles. The Morgan fingerprint density at radius 2 is 2.00 bits per heavy atom. The maximum Gasteiger partial charge on any atom is 0.261 e. The van der Waals surface area contributed by atoms with Crippen LogP contribution in [0, 0.1) is 6.92 Å². The average Bonchev–Trinajstić information content (AvgIpc) is 2.91. The van der Waals surface area contributed by atoms with Crippen molar-refractivity contribution in [3.05, 3.63) is 57.8 Å². The minimum atomic E-state index is -0.0572. The third kappa shape index (κ3) is 3.92. The first-order valence-electron chi connectivity index (χ1n) is 6.74. The Balaban J connectivity index is 2.09. The molecule has 1 amide bonds. The molecular weight excluding hydrogens is 270 g/mol. The van der Waals surface area contributed by atoms with E-state index in [1.54, 1.807) is 0 Å². The zero-order chi connectivity index (χ0) is 14.4. The van der Waals surface area contributed by atoms with Crippen molar-refractivity contribution in [2.45, 2.75) is 25.8 Å². The highest BCUT2D eigenvalue weighted by atomic mass is 32.1. The van der Waals surface area contributed by atoms with Crippen LogP contribution in [0.3, 0.4) is 0 Å². The number of thiophene rings is 1. The fourth-order valence-corrected chi connectivity index (χ4v) is 2.86. The molecule has 0 bridgehead atoms. The summed E-state index contributed by atoms with van der Waals surface area (Å²) in [6, 6.07) is 13.6. The maximum absolute atomic E-state index is 12.2. The van der Waals surface area contributed by atoms with Gasteiger partial charge >= 0.3 is 0 Å². The first kappa shape index (κ1) is 14.8. The number of carbonyl (C=O) groups excluding carboxylic acids is 1. The topological polar surface area (TPSA) is 49.3 Å². The normalized spacial score (nSPS) is 12.1. The molecule has 106 valence electrons. The molecule has 0 fully saturated rings. The minimum Gasteiger partial charge on any atom is -0.396 e. The molecule has 2 rings (SSSR count). The fraction of sp³-hybridized carbons (Fsp3) is 0.312. The standard InChI is InChI=1S/C16H19NO2S/c1-12-9-10-15(20-12)16(19)17-14(8-5-11-18)13-6-3-2-4-7-13/h2-4,6-7,9-10,14,18H,5,8,11H2,1H3,(H,17,19). The quantitative estimate of drug-likeness (QED) is 0.857. The Morgan fingerprint density at radius 1 is 1.25 bits per heavy atom. The summed E-state index contributed by atoms with van der Waals surface area (Å²) >= 11 is 1.50. The van der Waals surface area contributed by atoms with Crippen molar-refractivity contribution in [3.8, 4) is 0 Å². The van der Waals surface area contributed by atoms with Crippen LogP contribution in [0.15, 0.2) is 42.5 Å². The Hall–Kier alpha value is -1.65. The van der Waals surface area contributed by atoms with Crippen LogP contribution in [0.25, 0.3) is 0 Å². The van der Waals surface area contributed by atoms with Crippen LogP contribution in [0.4, 0.5) is 0 Å². The maximum atomic E-state index is 12.2. The van der Waals surface area contributed by atoms with Crippen LogP contribution in [-0.4, -0.2) is 17.6 Å². The molecule has 1 heterocycles. The summed E-state index contributed by atoms with van der Waals surface area (Å²) in [5.74, 6) is -0.0464. The molecule has 0 aliphatic heterocycles. The summed E-state index contributed by atoms with van der Waals surface area (Å²) in [5.41, 5.74) is 1.07. The van der Waals surface area contributed by atoms with E-state index in [0.29, 0.717) is 6.42 Å². The van der Waals surface area contributed by atoms with Crippen molar-refractivity contribution in [2.24, 2.45) is 0 Å². The number of rotatable bonds is 6. The molecule has 1 unspecified atom stereocenters. The molecule has 2 N–H and O–H groups in total. The van der Waals surface area contributed by atoms with Gasteiger partial charge in [-0.3, -0.25) is 4.79 Å². The highest BCUT2D eigenvalue weighted by molar-refractivity contribution is 7.13. The van der Waals surface area contributed by atoms with Gasteiger partial charge in [0.15, 0.2) is 0 Å². The Morgan fingerprint density at radius 3 is 2.60 bits per heavy atom. The molecule has 3 nitrogen and oxygen atoms in total. The SMILES string of the molecule is Cc1ccc(C(=O)NC(CCCO)c2ccccc2)s1. The van der Waals surface area contributed by atoms with E-state index < -0.39 is 0 Å². The van der Waals surface area contributed by atoms with Gasteiger partial charge in [-0.15, -0.1) is 11.3 Å². The second-order valence-electron chi connectivity index (χ2n) is 4.71. The van der Waals surface area contributed by atoms with E-state index in [4.69, 9.17) is 5.11 Å². The summed E-state index contributed by atoms with van der Waals surface area (Å²) < 4.78 is 0. The van der Waals surface area contributed by atoms with Gasteiger partial charge in [0, 0.05) is 11.5 Å². The first-order chi connectivity index (χ1) is 9.70. The molecule has 1 atom stereocenters. The number of aliphatic hydroxyl groups excluding tert-OH is 1. The second-order valence-corrected chi connectivity index (χ2v) is 6.00. The summed E-state index contributed by atoms with van der Waals surface area (Å²) in [7, 11) is 0. The number of amides is 1. The number of hydrogen-bond acceptors (Lipinski definition) is 3. The largest absolute Gasteiger partial charge is 0.396 e. The lowest BCUT2D eigenvalue weighted by Gasteiger charge is -2.18. The second kappa shape index (κ2) is 7.22. The van der Waals surface area contributed by atoms with Gasteiger partial charge in [0.05, 0.1) is 10.9 Å². The van der Waals surface area contributed by atoms with E-state index in [1.165, 1.54) is 11.3 Å². The average molecular weight is 289 g/mol. The molecule has 0 aliphatic carbocycles. The predicted octanol–water partition coefficient (Wildman–Crippen LogP) is 3.30. The van der Waals surface area contributed by atoms with Gasteiger partial charge in [-0.05, 0) is 37.5 Å². The van der Waals surface area contributed by atoms with Crippen LogP contribution in [0.1, 0.15) is 39.0 Å². The molecule has 0 radical (unpaired) electrons. The Labute approximate surface area is 123 Å². The van der Waals surface area contributed by atoms with Crippen LogP contribution in [0.5, 0.6) is 0 Å². The third-order valence-electron chi connectivity index (χ3n) is 3.12. The minimum absolute atomic E-state index is 0.0464. The van der Waals surface area contributed by atoms with Gasteiger partial charge in [0.2, 0.25) is 0 Å². The Bertz CT molecular complexity index is 551. The van der Waals surface area contributed by atoms with E-state index in [2.05, 4.69) is 5.32 Å². The number of aliphatic hydroxyl groups is 1. The van der Waals surface area contributed by atoms with Crippen molar-refractivity contribution >= 4 is 17.2 Å². The molecule has 2 aromatic rings. The van der Waals surface area contributed by atoms with Crippen molar-refractivity contribution < 1.29 is 9.90 Å². The predicted molar refractivity (Wildman–Crippen MR) is 82.0 cm³/mol. The van der Waals surface area contributed by atoms with Gasteiger partial charge in [-0.1, -0.05) is 30.3 Å². The fourth-order valence-electron chi connectivity index (χ4n) is 2.09. The highest BCUT2D eigenvalue weighted by Gasteiger charge is 2.16. The number of carbonyl (C=O) groups is 1. The summed E-state index contributed by atoms with van der Waals surface area (Å²) in [6.45, 7) is 2.12. The summed E-state index contributed by atoms with van der Waals surface area (Å²) in [4.78, 5) is 14.1. The lowest BCUT2D eigenvalue weighted by Crippen LogP contribution is -2.28. The van der Waals surface area contributed by atoms with Crippen LogP contribution < -0.4 is 5.32 Å². The lowest BCUT2D eigenvalue weighted by molar-refractivity contribution is 0.0936. The zero-order valence-electron chi connectivity index (χ0n) is 11.5. The van der Waals surface area contributed by atoms with Crippen LogP contribution >= 0.6 is 11.3 Å². The zero-order valence-corrected chi connectivity index (χ0v) is 12.3. The van der Waals surface area contributed by atoms with Gasteiger partial charge in [0.1, 0.15) is 0 Å². The van der Waals surface area contributed by atoms with E-state index >= 15 is 0 Å². The summed E-state index contributed by atoms with van der Waals surface area (Å²) in [6.07, 6.45) is 1.40. The van der Waals surface area contributed by atoms with Gasteiger partial charge in [-0.2, -0.15) is 0 Å². The molecular formula is C16H19NO2S. The monoisotopic (exact) mass is 289 g/mol. The molecule has 0 aliphatic rings. The molecule has 0 saturated heterocycles. The van der Waals surface area contributed by atoms with Gasteiger partial charge < -0.3 is 10.4 Å². The number of aryl methyl sites for hydroxylation is 1. The first-order valence-corrected chi connectivity index (χ1v) is 7.55. The lowest BCUT2D eigenvalue weighted by atomic mass is 10.0. The van der Waals surface area contributed by atoms with Crippen LogP contribution in [0.2, 0.25) is 0 Å². The van der Waals surface area contributed by atoms with Crippen LogP contribution in [-0.2, 0) is 0 Å². The van der Waals surface area contributed by atoms with Crippen molar-refractivity contribution in [3.63, 3.8) is 0 Å².